The fraction of sp³-hybridized carbons (Fsp3) is 0.286. The van der Waals surface area contributed by atoms with Crippen LogP contribution in [-0.2, 0) is 14.3 Å². The van der Waals surface area contributed by atoms with Gasteiger partial charge in [0, 0.05) is 13.2 Å². The van der Waals surface area contributed by atoms with Gasteiger partial charge in [-0.25, -0.2) is 4.79 Å². The van der Waals surface area contributed by atoms with Crippen LogP contribution >= 0.6 is 0 Å². The van der Waals surface area contributed by atoms with Gasteiger partial charge in [-0.15, -0.1) is 0 Å². The molecule has 0 radical (unpaired) electrons. The van der Waals surface area contributed by atoms with Gasteiger partial charge in [0.15, 0.2) is 23.0 Å². The van der Waals surface area contributed by atoms with E-state index in [4.69, 9.17) is 18.9 Å². The first-order valence-corrected chi connectivity index (χ1v) is 8.69. The van der Waals surface area contributed by atoms with Crippen molar-refractivity contribution in [1.82, 2.24) is 0 Å². The van der Waals surface area contributed by atoms with Crippen LogP contribution in [-0.4, -0.2) is 55.3 Å². The Labute approximate surface area is 168 Å². The van der Waals surface area contributed by atoms with E-state index < -0.39 is 18.2 Å². The molecule has 2 aromatic rings. The Bertz CT molecular complexity index is 862. The van der Waals surface area contributed by atoms with Gasteiger partial charge in [0.1, 0.15) is 18.8 Å². The number of aliphatic hydroxyl groups excluding tert-OH is 1. The molecule has 0 fully saturated rings. The molecule has 2 rings (SSSR count). The lowest BCUT2D eigenvalue weighted by atomic mass is 10.0. The van der Waals surface area contributed by atoms with Crippen LogP contribution in [0, 0.1) is 0 Å². The van der Waals surface area contributed by atoms with Crippen LogP contribution in [0.1, 0.15) is 17.2 Å². The monoisotopic (exact) mass is 404 g/mol. The number of methoxy groups -OCH3 is 3. The van der Waals surface area contributed by atoms with Crippen molar-refractivity contribution in [2.45, 2.75) is 12.2 Å². The van der Waals surface area contributed by atoms with Crippen LogP contribution in [0.15, 0.2) is 42.5 Å². The first-order chi connectivity index (χ1) is 13.9. The fourth-order valence-corrected chi connectivity index (χ4v) is 2.66. The molecule has 0 aliphatic carbocycles. The van der Waals surface area contributed by atoms with Crippen LogP contribution in [0.2, 0.25) is 0 Å². The van der Waals surface area contributed by atoms with Crippen LogP contribution in [0.25, 0.3) is 6.08 Å². The maximum atomic E-state index is 11.9. The van der Waals surface area contributed by atoms with Gasteiger partial charge in [-0.2, -0.15) is 0 Å². The number of phenols is 2. The number of rotatable bonds is 9. The molecular formula is C21H24O8. The second-order valence-corrected chi connectivity index (χ2v) is 6.05. The molecule has 0 aliphatic heterocycles. The van der Waals surface area contributed by atoms with Gasteiger partial charge in [-0.1, -0.05) is 12.1 Å². The average Bonchev–Trinajstić information content (AvgIpc) is 2.73. The highest BCUT2D eigenvalue weighted by atomic mass is 16.5. The number of carbonyl (C=O) groups excluding carboxylic acids is 1. The molecule has 156 valence electrons. The zero-order valence-corrected chi connectivity index (χ0v) is 16.4. The summed E-state index contributed by atoms with van der Waals surface area (Å²) in [7, 11) is 4.46. The second-order valence-electron chi connectivity index (χ2n) is 6.05. The zero-order chi connectivity index (χ0) is 21.4. The van der Waals surface area contributed by atoms with Crippen LogP contribution in [0.5, 0.6) is 23.0 Å². The smallest absolute Gasteiger partial charge is 0.330 e. The molecule has 0 bridgehead atoms. The molecule has 0 saturated heterocycles. The third-order valence-electron chi connectivity index (χ3n) is 4.15. The van der Waals surface area contributed by atoms with E-state index in [0.717, 1.165) is 6.08 Å². The third kappa shape index (κ3) is 5.87. The summed E-state index contributed by atoms with van der Waals surface area (Å²) in [6.07, 6.45) is 0.695. The molecule has 0 aliphatic rings. The zero-order valence-electron chi connectivity index (χ0n) is 16.4. The van der Waals surface area contributed by atoms with E-state index >= 15 is 0 Å². The molecule has 8 nitrogen and oxygen atoms in total. The summed E-state index contributed by atoms with van der Waals surface area (Å²) in [4.78, 5) is 11.9. The van der Waals surface area contributed by atoms with E-state index in [2.05, 4.69) is 0 Å². The molecule has 2 aromatic carbocycles. The first-order valence-electron chi connectivity index (χ1n) is 8.69. The van der Waals surface area contributed by atoms with Gasteiger partial charge in [0.05, 0.1) is 14.2 Å². The van der Waals surface area contributed by atoms with Gasteiger partial charge < -0.3 is 34.3 Å². The molecule has 8 heteroatoms. The number of hydrogen-bond donors (Lipinski definition) is 3. The van der Waals surface area contributed by atoms with Gasteiger partial charge in [0.25, 0.3) is 0 Å². The Hall–Kier alpha value is -3.23. The van der Waals surface area contributed by atoms with E-state index in [9.17, 15) is 20.1 Å². The van der Waals surface area contributed by atoms with Crippen LogP contribution in [0.3, 0.4) is 0 Å². The molecule has 2 atom stereocenters. The highest BCUT2D eigenvalue weighted by Gasteiger charge is 2.23. The summed E-state index contributed by atoms with van der Waals surface area (Å²) >= 11 is 0. The molecule has 0 spiro atoms. The summed E-state index contributed by atoms with van der Waals surface area (Å²) < 4.78 is 20.8. The van der Waals surface area contributed by atoms with E-state index in [1.165, 1.54) is 45.6 Å². The number of esters is 1. The molecule has 0 aromatic heterocycles. The minimum absolute atomic E-state index is 0.256. The third-order valence-corrected chi connectivity index (χ3v) is 4.15. The number of aliphatic hydroxyl groups is 1. The number of hydrogen-bond acceptors (Lipinski definition) is 8. The molecule has 0 saturated carbocycles. The topological polar surface area (TPSA) is 115 Å². The van der Waals surface area contributed by atoms with Crippen molar-refractivity contribution >= 4 is 12.0 Å². The minimum atomic E-state index is -1.12. The number of carbonyl (C=O) groups is 1. The fourth-order valence-electron chi connectivity index (χ4n) is 2.66. The molecule has 0 amide bonds. The Kier molecular flexibility index (Phi) is 7.88. The molecule has 2 unspecified atom stereocenters. The quantitative estimate of drug-likeness (QED) is 0.332. The van der Waals surface area contributed by atoms with Gasteiger partial charge in [-0.3, -0.25) is 0 Å². The normalized spacial score (nSPS) is 13.1. The lowest BCUT2D eigenvalue weighted by molar-refractivity contribution is -0.143. The predicted molar refractivity (Wildman–Crippen MR) is 105 cm³/mol. The van der Waals surface area contributed by atoms with Crippen LogP contribution in [0.4, 0.5) is 0 Å². The maximum absolute atomic E-state index is 11.9. The Balaban J connectivity index is 1.98. The summed E-state index contributed by atoms with van der Waals surface area (Å²) in [5.41, 5.74) is 1.13. The van der Waals surface area contributed by atoms with Gasteiger partial charge >= 0.3 is 5.97 Å². The van der Waals surface area contributed by atoms with Crippen LogP contribution < -0.4 is 9.47 Å². The van der Waals surface area contributed by atoms with Crippen molar-refractivity contribution in [2.75, 3.05) is 27.9 Å². The number of benzene rings is 2. The summed E-state index contributed by atoms with van der Waals surface area (Å²) in [6.45, 7) is -0.295. The number of ether oxygens (including phenoxy) is 4. The maximum Gasteiger partial charge on any atom is 0.330 e. The predicted octanol–water partition coefficient (Wildman–Crippen LogP) is 2.42. The van der Waals surface area contributed by atoms with E-state index in [1.54, 1.807) is 18.2 Å². The van der Waals surface area contributed by atoms with E-state index in [1.807, 2.05) is 0 Å². The van der Waals surface area contributed by atoms with Gasteiger partial charge in [0.2, 0.25) is 0 Å². The average molecular weight is 404 g/mol. The lowest BCUT2D eigenvalue weighted by Crippen LogP contribution is -2.26. The first kappa shape index (κ1) is 22.1. The largest absolute Gasteiger partial charge is 0.504 e. The lowest BCUT2D eigenvalue weighted by Gasteiger charge is -2.22. The number of phenolic OH excluding ortho intramolecular Hbond substituents is 2. The molecule has 29 heavy (non-hydrogen) atoms. The Morgan fingerprint density at radius 2 is 1.72 bits per heavy atom. The van der Waals surface area contributed by atoms with Crippen molar-refractivity contribution in [3.05, 3.63) is 53.6 Å². The van der Waals surface area contributed by atoms with Crippen molar-refractivity contribution < 1.29 is 39.1 Å². The van der Waals surface area contributed by atoms with Gasteiger partial charge in [-0.05, 0) is 41.5 Å². The molecular weight excluding hydrogens is 380 g/mol. The highest BCUT2D eigenvalue weighted by molar-refractivity contribution is 5.87. The van der Waals surface area contributed by atoms with Crippen molar-refractivity contribution in [2.24, 2.45) is 0 Å². The molecule has 3 N–H and O–H groups in total. The Morgan fingerprint density at radius 3 is 2.34 bits per heavy atom. The Morgan fingerprint density at radius 1 is 1.00 bits per heavy atom. The summed E-state index contributed by atoms with van der Waals surface area (Å²) in [5, 5.41) is 29.1. The SMILES string of the molecule is COc1ccc(C(OC)C(O)COC(=O)/C=C/c2ccc(O)c(O)c2)cc1OC. The van der Waals surface area contributed by atoms with Crippen molar-refractivity contribution in [3.63, 3.8) is 0 Å². The van der Waals surface area contributed by atoms with E-state index in [0.29, 0.717) is 22.6 Å². The molecule has 0 heterocycles. The summed E-state index contributed by atoms with van der Waals surface area (Å²) in [5.74, 6) is -0.213. The highest BCUT2D eigenvalue weighted by Crippen LogP contribution is 2.32. The van der Waals surface area contributed by atoms with Crippen molar-refractivity contribution in [1.29, 1.82) is 0 Å². The van der Waals surface area contributed by atoms with E-state index in [-0.39, 0.29) is 18.1 Å². The second kappa shape index (κ2) is 10.4. The van der Waals surface area contributed by atoms with Crippen molar-refractivity contribution in [3.8, 4) is 23.0 Å². The summed E-state index contributed by atoms with van der Waals surface area (Å²) in [6, 6.07) is 9.20. The minimum Gasteiger partial charge on any atom is -0.504 e. The number of aromatic hydroxyl groups is 2. The standard InChI is InChI=1S/C21H24O8/c1-26-18-8-6-14(11-19(18)27-2)21(28-3)17(24)12-29-20(25)9-5-13-4-7-15(22)16(23)10-13/h4-11,17,21-24H,12H2,1-3H3/b9-5+.